The second-order valence-corrected chi connectivity index (χ2v) is 6.34. The van der Waals surface area contributed by atoms with Gasteiger partial charge in [0.2, 0.25) is 5.91 Å². The Morgan fingerprint density at radius 3 is 2.88 bits per heavy atom. The van der Waals surface area contributed by atoms with Gasteiger partial charge in [-0.1, -0.05) is 18.2 Å². The molecule has 128 valence electrons. The maximum atomic E-state index is 12.8. The number of carbonyl (C=O) groups excluding carboxylic acids is 1. The minimum Gasteiger partial charge on any atom is -0.340 e. The Balaban J connectivity index is 1.54. The molecule has 1 aromatic carbocycles. The van der Waals surface area contributed by atoms with Gasteiger partial charge in [0.25, 0.3) is 5.56 Å². The molecule has 7 nitrogen and oxygen atoms in total. The molecule has 0 aliphatic carbocycles. The first kappa shape index (κ1) is 15.6. The summed E-state index contributed by atoms with van der Waals surface area (Å²) in [5.41, 5.74) is 0.380. The summed E-state index contributed by atoms with van der Waals surface area (Å²) in [6.07, 6.45) is 5.86. The lowest BCUT2D eigenvalue weighted by Crippen LogP contribution is -2.41. The summed E-state index contributed by atoms with van der Waals surface area (Å²) >= 11 is 0. The third-order valence-corrected chi connectivity index (χ3v) is 4.74. The number of nitrogens with one attached hydrogen (secondary N) is 1. The fourth-order valence-corrected chi connectivity index (χ4v) is 3.46. The molecule has 0 saturated carbocycles. The van der Waals surface area contributed by atoms with Gasteiger partial charge in [-0.05, 0) is 25.0 Å². The third kappa shape index (κ3) is 3.05. The van der Waals surface area contributed by atoms with Gasteiger partial charge in [0.15, 0.2) is 0 Å². The lowest BCUT2D eigenvalue weighted by molar-refractivity contribution is -0.132. The molecular formula is C18H19N5O2. The summed E-state index contributed by atoms with van der Waals surface area (Å²) in [5, 5.41) is 12.2. The van der Waals surface area contributed by atoms with E-state index in [1.54, 1.807) is 12.3 Å². The second-order valence-electron chi connectivity index (χ2n) is 6.34. The smallest absolute Gasteiger partial charge is 0.272 e. The molecule has 1 saturated heterocycles. The molecule has 4 rings (SSSR count). The van der Waals surface area contributed by atoms with Crippen LogP contribution in [0.4, 0.5) is 0 Å². The highest BCUT2D eigenvalue weighted by Crippen LogP contribution is 2.22. The number of amides is 1. The Morgan fingerprint density at radius 1 is 1.24 bits per heavy atom. The van der Waals surface area contributed by atoms with E-state index in [2.05, 4.69) is 15.3 Å². The normalized spacial score (nSPS) is 17.8. The van der Waals surface area contributed by atoms with E-state index < -0.39 is 0 Å². The number of carbonyl (C=O) groups is 1. The van der Waals surface area contributed by atoms with Crippen LogP contribution in [-0.4, -0.2) is 43.9 Å². The molecule has 0 bridgehead atoms. The summed E-state index contributed by atoms with van der Waals surface area (Å²) in [7, 11) is 0. The van der Waals surface area contributed by atoms with Crippen LogP contribution in [0.3, 0.4) is 0 Å². The lowest BCUT2D eigenvalue weighted by Gasteiger charge is -2.33. The zero-order chi connectivity index (χ0) is 17.2. The summed E-state index contributed by atoms with van der Waals surface area (Å²) in [6.45, 7) is 1.40. The van der Waals surface area contributed by atoms with Crippen LogP contribution in [0.15, 0.2) is 47.5 Å². The topological polar surface area (TPSA) is 83.9 Å². The summed E-state index contributed by atoms with van der Waals surface area (Å²) in [5.74, 6) is 0.0292. The minimum atomic E-state index is -0.233. The summed E-state index contributed by atoms with van der Waals surface area (Å²) in [6, 6.07) is 9.36. The molecule has 3 aromatic rings. The summed E-state index contributed by atoms with van der Waals surface area (Å²) < 4.78 is 1.92. The average molecular weight is 337 g/mol. The van der Waals surface area contributed by atoms with Gasteiger partial charge < -0.3 is 4.90 Å². The SMILES string of the molecule is O=C(Cc1n[nH]c(=O)c2ccccc12)N1CCC[C@@H](n2cccn2)C1. The van der Waals surface area contributed by atoms with Crippen LogP contribution in [0, 0.1) is 0 Å². The van der Waals surface area contributed by atoms with E-state index in [0.29, 0.717) is 17.6 Å². The molecule has 1 atom stereocenters. The van der Waals surface area contributed by atoms with Crippen LogP contribution in [0.2, 0.25) is 0 Å². The third-order valence-electron chi connectivity index (χ3n) is 4.74. The fraction of sp³-hybridized carbons (Fsp3) is 0.333. The Bertz CT molecular complexity index is 948. The Kier molecular flexibility index (Phi) is 4.05. The summed E-state index contributed by atoms with van der Waals surface area (Å²) in [4.78, 5) is 26.5. The number of rotatable bonds is 3. The lowest BCUT2D eigenvalue weighted by atomic mass is 10.0. The first-order valence-corrected chi connectivity index (χ1v) is 8.45. The molecule has 0 unspecified atom stereocenters. The fourth-order valence-electron chi connectivity index (χ4n) is 3.46. The van der Waals surface area contributed by atoms with E-state index in [1.165, 1.54) is 0 Å². The van der Waals surface area contributed by atoms with E-state index in [9.17, 15) is 9.59 Å². The average Bonchev–Trinajstić information content (AvgIpc) is 3.19. The molecule has 7 heteroatoms. The standard InChI is InChI=1S/C18H19N5O2/c24-17(22-9-3-5-13(12-22)23-10-4-8-19-23)11-16-14-6-1-2-7-15(14)18(25)21-20-16/h1-2,4,6-8,10,13H,3,5,9,11-12H2,(H,21,25)/t13-/m1/s1. The van der Waals surface area contributed by atoms with Crippen molar-refractivity contribution in [3.63, 3.8) is 0 Å². The van der Waals surface area contributed by atoms with Gasteiger partial charge in [0.05, 0.1) is 23.5 Å². The van der Waals surface area contributed by atoms with Crippen LogP contribution in [-0.2, 0) is 11.2 Å². The number of aromatic amines is 1. The van der Waals surface area contributed by atoms with E-state index in [4.69, 9.17) is 0 Å². The molecule has 1 fully saturated rings. The predicted octanol–water partition coefficient (Wildman–Crippen LogP) is 1.53. The first-order chi connectivity index (χ1) is 12.2. The molecular weight excluding hydrogens is 318 g/mol. The van der Waals surface area contributed by atoms with Crippen molar-refractivity contribution >= 4 is 16.7 Å². The van der Waals surface area contributed by atoms with Crippen molar-refractivity contribution in [1.82, 2.24) is 24.9 Å². The van der Waals surface area contributed by atoms with E-state index in [-0.39, 0.29) is 23.9 Å². The molecule has 0 spiro atoms. The Labute approximate surface area is 144 Å². The number of nitrogens with zero attached hydrogens (tertiary/aromatic N) is 4. The van der Waals surface area contributed by atoms with Gasteiger partial charge in [0.1, 0.15) is 0 Å². The van der Waals surface area contributed by atoms with Crippen LogP contribution in [0.1, 0.15) is 24.6 Å². The van der Waals surface area contributed by atoms with E-state index in [0.717, 1.165) is 24.8 Å². The Hall–Kier alpha value is -2.96. The zero-order valence-electron chi connectivity index (χ0n) is 13.8. The number of H-pyrrole nitrogens is 1. The van der Waals surface area contributed by atoms with Crippen molar-refractivity contribution in [3.8, 4) is 0 Å². The van der Waals surface area contributed by atoms with E-state index in [1.807, 2.05) is 40.0 Å². The molecule has 0 radical (unpaired) electrons. The molecule has 25 heavy (non-hydrogen) atoms. The van der Waals surface area contributed by atoms with Crippen LogP contribution in [0.5, 0.6) is 0 Å². The van der Waals surface area contributed by atoms with Crippen molar-refractivity contribution < 1.29 is 4.79 Å². The maximum Gasteiger partial charge on any atom is 0.272 e. The number of fused-ring (bicyclic) bond motifs is 1. The first-order valence-electron chi connectivity index (χ1n) is 8.45. The number of aromatic nitrogens is 4. The van der Waals surface area contributed by atoms with Crippen LogP contribution >= 0.6 is 0 Å². The van der Waals surface area contributed by atoms with E-state index >= 15 is 0 Å². The van der Waals surface area contributed by atoms with Crippen molar-refractivity contribution in [3.05, 3.63) is 58.8 Å². The number of hydrogen-bond donors (Lipinski definition) is 1. The Morgan fingerprint density at radius 2 is 2.08 bits per heavy atom. The van der Waals surface area contributed by atoms with Crippen LogP contribution in [0.25, 0.3) is 10.8 Å². The second kappa shape index (κ2) is 6.51. The predicted molar refractivity (Wildman–Crippen MR) is 93.1 cm³/mol. The molecule has 1 N–H and O–H groups in total. The van der Waals surface area contributed by atoms with Gasteiger partial charge in [-0.15, -0.1) is 0 Å². The van der Waals surface area contributed by atoms with Crippen molar-refractivity contribution in [2.45, 2.75) is 25.3 Å². The minimum absolute atomic E-state index is 0.0292. The number of likely N-dealkylation sites (tertiary alicyclic amines) is 1. The van der Waals surface area contributed by atoms with Crippen LogP contribution < -0.4 is 5.56 Å². The highest BCUT2D eigenvalue weighted by Gasteiger charge is 2.25. The highest BCUT2D eigenvalue weighted by molar-refractivity contribution is 5.88. The van der Waals surface area contributed by atoms with Crippen molar-refractivity contribution in [2.75, 3.05) is 13.1 Å². The van der Waals surface area contributed by atoms with Gasteiger partial charge >= 0.3 is 0 Å². The van der Waals surface area contributed by atoms with Crippen molar-refractivity contribution in [1.29, 1.82) is 0 Å². The molecule has 1 aliphatic rings. The number of hydrogen-bond acceptors (Lipinski definition) is 4. The van der Waals surface area contributed by atoms with Crippen molar-refractivity contribution in [2.24, 2.45) is 0 Å². The number of piperidine rings is 1. The highest BCUT2D eigenvalue weighted by atomic mass is 16.2. The van der Waals surface area contributed by atoms with Gasteiger partial charge in [0, 0.05) is 30.9 Å². The quantitative estimate of drug-likeness (QED) is 0.785. The zero-order valence-corrected chi connectivity index (χ0v) is 13.8. The molecule has 3 heterocycles. The monoisotopic (exact) mass is 337 g/mol. The molecule has 1 amide bonds. The molecule has 2 aromatic heterocycles. The van der Waals surface area contributed by atoms with Gasteiger partial charge in [-0.3, -0.25) is 14.3 Å². The largest absolute Gasteiger partial charge is 0.340 e. The van der Waals surface area contributed by atoms with Gasteiger partial charge in [-0.2, -0.15) is 10.2 Å². The molecule has 1 aliphatic heterocycles. The number of benzene rings is 1. The van der Waals surface area contributed by atoms with Gasteiger partial charge in [-0.25, -0.2) is 5.10 Å². The maximum absolute atomic E-state index is 12.8.